The van der Waals surface area contributed by atoms with Gasteiger partial charge in [-0.2, -0.15) is 0 Å². The van der Waals surface area contributed by atoms with Gasteiger partial charge in [-0.25, -0.2) is 8.42 Å². The van der Waals surface area contributed by atoms with E-state index in [0.717, 1.165) is 38.2 Å². The quantitative estimate of drug-likeness (QED) is 0.792. The van der Waals surface area contributed by atoms with Crippen LogP contribution in [0.15, 0.2) is 42.5 Å². The van der Waals surface area contributed by atoms with Crippen LogP contribution in [0.1, 0.15) is 29.8 Å². The molecule has 5 nitrogen and oxygen atoms in total. The molecular weight excluding hydrogens is 358 g/mol. The molecule has 27 heavy (non-hydrogen) atoms. The van der Waals surface area contributed by atoms with E-state index in [2.05, 4.69) is 26.7 Å². The lowest BCUT2D eigenvalue weighted by Crippen LogP contribution is -2.35. The monoisotopic (exact) mass is 387 g/mol. The first-order valence-corrected chi connectivity index (χ1v) is 11.5. The molecule has 0 amide bonds. The molecule has 1 saturated heterocycles. The summed E-state index contributed by atoms with van der Waals surface area (Å²) < 4.78 is 25.1. The fraction of sp³-hybridized carbons (Fsp3) is 0.476. The van der Waals surface area contributed by atoms with Crippen LogP contribution in [0.4, 0.5) is 5.69 Å². The van der Waals surface area contributed by atoms with Gasteiger partial charge in [0.25, 0.3) is 0 Å². The minimum atomic E-state index is -3.21. The van der Waals surface area contributed by atoms with Gasteiger partial charge < -0.3 is 4.90 Å². The average Bonchev–Trinajstić information content (AvgIpc) is 2.62. The Hall–Kier alpha value is -1.92. The second kappa shape index (κ2) is 8.85. The molecule has 0 saturated carbocycles. The third-order valence-electron chi connectivity index (χ3n) is 5.12. The molecule has 0 spiro atoms. The Morgan fingerprint density at radius 3 is 2.44 bits per heavy atom. The van der Waals surface area contributed by atoms with Crippen molar-refractivity contribution < 1.29 is 8.42 Å². The molecule has 0 atom stereocenters. The summed E-state index contributed by atoms with van der Waals surface area (Å²) in [7, 11) is -3.21. The normalized spacial score (nSPS) is 16.4. The number of anilines is 1. The highest BCUT2D eigenvalue weighted by atomic mass is 32.2. The van der Waals surface area contributed by atoms with Crippen LogP contribution in [0.3, 0.4) is 0 Å². The molecule has 6 heteroatoms. The second-order valence-corrected chi connectivity index (χ2v) is 9.33. The van der Waals surface area contributed by atoms with Crippen molar-refractivity contribution in [1.29, 1.82) is 0 Å². The number of nitrogens with one attached hydrogen (secondary N) is 1. The number of aromatic nitrogens is 1. The Bertz CT molecular complexity index is 842. The van der Waals surface area contributed by atoms with Crippen molar-refractivity contribution in [2.24, 2.45) is 5.92 Å². The molecule has 1 aliphatic rings. The predicted molar refractivity (Wildman–Crippen MR) is 110 cm³/mol. The van der Waals surface area contributed by atoms with E-state index in [1.807, 2.05) is 37.3 Å². The minimum Gasteiger partial charge on any atom is -0.303 e. The van der Waals surface area contributed by atoms with E-state index >= 15 is 0 Å². The maximum absolute atomic E-state index is 11.3. The summed E-state index contributed by atoms with van der Waals surface area (Å²) in [6.45, 7) is 5.40. The van der Waals surface area contributed by atoms with Crippen molar-refractivity contribution in [3.8, 4) is 0 Å². The Balaban J connectivity index is 1.42. The molecule has 146 valence electrons. The van der Waals surface area contributed by atoms with E-state index in [0.29, 0.717) is 11.6 Å². The molecule has 3 rings (SSSR count). The largest absolute Gasteiger partial charge is 0.303 e. The Morgan fingerprint density at radius 1 is 1.11 bits per heavy atom. The Kier molecular flexibility index (Phi) is 6.50. The predicted octanol–water partition coefficient (Wildman–Crippen LogP) is 3.26. The number of hydrogen-bond donors (Lipinski definition) is 1. The molecule has 2 aromatic rings. The number of pyridine rings is 1. The lowest BCUT2D eigenvalue weighted by Gasteiger charge is -2.32. The number of hydrogen-bond acceptors (Lipinski definition) is 4. The zero-order valence-corrected chi connectivity index (χ0v) is 17.0. The van der Waals surface area contributed by atoms with Gasteiger partial charge in [0.2, 0.25) is 10.0 Å². The summed E-state index contributed by atoms with van der Waals surface area (Å²) in [4.78, 5) is 7.13. The zero-order chi connectivity index (χ0) is 19.3. The van der Waals surface area contributed by atoms with Crippen LogP contribution in [0, 0.1) is 12.8 Å². The highest BCUT2D eigenvalue weighted by Gasteiger charge is 2.19. The first-order chi connectivity index (χ1) is 12.9. The van der Waals surface area contributed by atoms with Gasteiger partial charge in [0.15, 0.2) is 0 Å². The number of nitrogens with zero attached hydrogens (tertiary/aromatic N) is 2. The molecule has 0 radical (unpaired) electrons. The number of likely N-dealkylation sites (tertiary alicyclic amines) is 1. The van der Waals surface area contributed by atoms with Gasteiger partial charge in [-0.05, 0) is 75.0 Å². The van der Waals surface area contributed by atoms with Gasteiger partial charge in [-0.15, -0.1) is 0 Å². The first-order valence-electron chi connectivity index (χ1n) is 9.59. The van der Waals surface area contributed by atoms with Crippen molar-refractivity contribution >= 4 is 15.7 Å². The average molecular weight is 388 g/mol. The molecule has 0 aliphatic carbocycles. The molecule has 1 aromatic heterocycles. The van der Waals surface area contributed by atoms with E-state index in [1.54, 1.807) is 0 Å². The molecule has 1 fully saturated rings. The molecule has 0 bridgehead atoms. The Labute approximate surface area is 162 Å². The molecular formula is C21H29N3O2S. The smallest absolute Gasteiger partial charge is 0.229 e. The van der Waals surface area contributed by atoms with Crippen LogP contribution in [-0.4, -0.2) is 44.2 Å². The topological polar surface area (TPSA) is 62.3 Å². The number of sulfonamides is 1. The van der Waals surface area contributed by atoms with Gasteiger partial charge in [-0.1, -0.05) is 18.2 Å². The maximum atomic E-state index is 11.3. The fourth-order valence-corrected chi connectivity index (χ4v) is 4.25. The van der Waals surface area contributed by atoms with Gasteiger partial charge in [-0.3, -0.25) is 9.71 Å². The standard InChI is InChI=1S/C21H29N3O2S/c1-17-4-3-5-20(22-17)12-15-24-13-10-19(11-14-24)16-18-6-8-21(9-7-18)23-27(2,25)26/h3-9,19,23H,10-16H2,1-2H3. The van der Waals surface area contributed by atoms with E-state index < -0.39 is 10.0 Å². The van der Waals surface area contributed by atoms with Crippen molar-refractivity contribution in [2.45, 2.75) is 32.6 Å². The summed E-state index contributed by atoms with van der Waals surface area (Å²) >= 11 is 0. The van der Waals surface area contributed by atoms with Gasteiger partial charge in [0.1, 0.15) is 0 Å². The maximum Gasteiger partial charge on any atom is 0.229 e. The van der Waals surface area contributed by atoms with E-state index in [9.17, 15) is 8.42 Å². The molecule has 1 aliphatic heterocycles. The van der Waals surface area contributed by atoms with Crippen LogP contribution in [0.25, 0.3) is 0 Å². The van der Waals surface area contributed by atoms with Crippen LogP contribution < -0.4 is 4.72 Å². The lowest BCUT2D eigenvalue weighted by atomic mass is 9.90. The fourth-order valence-electron chi connectivity index (χ4n) is 3.68. The van der Waals surface area contributed by atoms with Crippen LogP contribution in [-0.2, 0) is 22.9 Å². The summed E-state index contributed by atoms with van der Waals surface area (Å²) in [6, 6.07) is 14.0. The van der Waals surface area contributed by atoms with Gasteiger partial charge >= 0.3 is 0 Å². The second-order valence-electron chi connectivity index (χ2n) is 7.58. The van der Waals surface area contributed by atoms with Crippen molar-refractivity contribution in [3.63, 3.8) is 0 Å². The number of benzene rings is 1. The number of rotatable bonds is 7. The molecule has 1 N–H and O–H groups in total. The first kappa shape index (κ1) is 19.8. The number of aryl methyl sites for hydroxylation is 1. The highest BCUT2D eigenvalue weighted by molar-refractivity contribution is 7.92. The molecule has 1 aromatic carbocycles. The van der Waals surface area contributed by atoms with E-state index in [4.69, 9.17) is 0 Å². The minimum absolute atomic E-state index is 0.626. The van der Waals surface area contributed by atoms with Gasteiger partial charge in [0, 0.05) is 30.0 Å². The van der Waals surface area contributed by atoms with Crippen molar-refractivity contribution in [3.05, 3.63) is 59.4 Å². The van der Waals surface area contributed by atoms with Crippen molar-refractivity contribution in [1.82, 2.24) is 9.88 Å². The SMILES string of the molecule is Cc1cccc(CCN2CCC(Cc3ccc(NS(C)(=O)=O)cc3)CC2)n1. The number of piperidine rings is 1. The summed E-state index contributed by atoms with van der Waals surface area (Å²) in [5, 5.41) is 0. The van der Waals surface area contributed by atoms with Crippen LogP contribution in [0.5, 0.6) is 0 Å². The third kappa shape index (κ3) is 6.63. The van der Waals surface area contributed by atoms with Gasteiger partial charge in [0.05, 0.1) is 6.26 Å². The summed E-state index contributed by atoms with van der Waals surface area (Å²) in [5.74, 6) is 0.701. The third-order valence-corrected chi connectivity index (χ3v) is 5.73. The van der Waals surface area contributed by atoms with E-state index in [-0.39, 0.29) is 0 Å². The molecule has 0 unspecified atom stereocenters. The molecule has 2 heterocycles. The van der Waals surface area contributed by atoms with Crippen LogP contribution >= 0.6 is 0 Å². The van der Waals surface area contributed by atoms with Crippen LogP contribution in [0.2, 0.25) is 0 Å². The Morgan fingerprint density at radius 2 is 1.81 bits per heavy atom. The summed E-state index contributed by atoms with van der Waals surface area (Å²) in [5.41, 5.74) is 4.17. The lowest BCUT2D eigenvalue weighted by molar-refractivity contribution is 0.185. The highest BCUT2D eigenvalue weighted by Crippen LogP contribution is 2.23. The van der Waals surface area contributed by atoms with E-state index in [1.165, 1.54) is 30.4 Å². The summed E-state index contributed by atoms with van der Waals surface area (Å²) in [6.07, 6.45) is 5.67. The zero-order valence-electron chi connectivity index (χ0n) is 16.2. The van der Waals surface area contributed by atoms with Crippen molar-refractivity contribution in [2.75, 3.05) is 30.6 Å².